The lowest BCUT2D eigenvalue weighted by Crippen LogP contribution is -2.43. The predicted octanol–water partition coefficient (Wildman–Crippen LogP) is 3.46. The Morgan fingerprint density at radius 3 is 2.89 bits per heavy atom. The molecule has 0 amide bonds. The number of hydrogen-bond acceptors (Lipinski definition) is 2. The fourth-order valence-electron chi connectivity index (χ4n) is 2.87. The summed E-state index contributed by atoms with van der Waals surface area (Å²) >= 11 is 6.15. The van der Waals surface area contributed by atoms with Gasteiger partial charge in [0.1, 0.15) is 5.82 Å². The van der Waals surface area contributed by atoms with Gasteiger partial charge in [-0.2, -0.15) is 0 Å². The number of nitrogens with two attached hydrogens (primary N) is 1. The Bertz CT molecular complexity index is 438. The number of hydrogen-bond donors (Lipinski definition) is 1. The Kier molecular flexibility index (Phi) is 4.82. The van der Waals surface area contributed by atoms with Gasteiger partial charge in [-0.25, -0.2) is 4.39 Å². The highest BCUT2D eigenvalue weighted by molar-refractivity contribution is 6.31. The molecular formula is C15H22ClFN2. The molecule has 2 rings (SSSR count). The second-order valence-electron chi connectivity index (χ2n) is 5.60. The van der Waals surface area contributed by atoms with E-state index in [-0.39, 0.29) is 11.9 Å². The molecule has 0 aromatic heterocycles. The first kappa shape index (κ1) is 14.8. The summed E-state index contributed by atoms with van der Waals surface area (Å²) in [6.07, 6.45) is 1.16. The van der Waals surface area contributed by atoms with Crippen LogP contribution in [-0.4, -0.2) is 24.5 Å². The van der Waals surface area contributed by atoms with Crippen LogP contribution in [0.15, 0.2) is 18.2 Å². The average Bonchev–Trinajstić information content (AvgIpc) is 2.38. The summed E-state index contributed by atoms with van der Waals surface area (Å²) in [6.45, 7) is 7.16. The maximum atomic E-state index is 13.1. The van der Waals surface area contributed by atoms with E-state index >= 15 is 0 Å². The van der Waals surface area contributed by atoms with E-state index in [1.165, 1.54) is 12.1 Å². The van der Waals surface area contributed by atoms with Crippen LogP contribution >= 0.6 is 11.6 Å². The summed E-state index contributed by atoms with van der Waals surface area (Å²) in [4.78, 5) is 2.40. The van der Waals surface area contributed by atoms with Crippen LogP contribution in [0.5, 0.6) is 0 Å². The Hall–Kier alpha value is -0.640. The number of benzene rings is 1. The van der Waals surface area contributed by atoms with Gasteiger partial charge in [0.2, 0.25) is 0 Å². The molecule has 106 valence electrons. The molecule has 0 radical (unpaired) electrons. The number of halogens is 2. The van der Waals surface area contributed by atoms with Crippen LogP contribution in [0.1, 0.15) is 31.9 Å². The van der Waals surface area contributed by atoms with E-state index in [1.807, 2.05) is 0 Å². The van der Waals surface area contributed by atoms with E-state index in [2.05, 4.69) is 18.7 Å². The van der Waals surface area contributed by atoms with Gasteiger partial charge in [-0.3, -0.25) is 4.90 Å². The fraction of sp³-hybridized carbons (Fsp3) is 0.600. The van der Waals surface area contributed by atoms with Gasteiger partial charge in [0.25, 0.3) is 0 Å². The Morgan fingerprint density at radius 2 is 2.26 bits per heavy atom. The molecule has 3 unspecified atom stereocenters. The number of rotatable bonds is 3. The Morgan fingerprint density at radius 1 is 1.53 bits per heavy atom. The van der Waals surface area contributed by atoms with E-state index in [1.54, 1.807) is 6.07 Å². The van der Waals surface area contributed by atoms with E-state index in [4.69, 9.17) is 17.3 Å². The average molecular weight is 285 g/mol. The van der Waals surface area contributed by atoms with Gasteiger partial charge in [-0.1, -0.05) is 24.6 Å². The van der Waals surface area contributed by atoms with Crippen LogP contribution in [0.2, 0.25) is 5.02 Å². The van der Waals surface area contributed by atoms with Crippen molar-refractivity contribution in [3.8, 4) is 0 Å². The zero-order valence-corrected chi connectivity index (χ0v) is 12.3. The molecule has 1 aromatic rings. The van der Waals surface area contributed by atoms with Crippen molar-refractivity contribution in [3.63, 3.8) is 0 Å². The lowest BCUT2D eigenvalue weighted by atomic mass is 9.86. The summed E-state index contributed by atoms with van der Waals surface area (Å²) in [5, 5.41) is 0.510. The molecule has 1 saturated heterocycles. The summed E-state index contributed by atoms with van der Waals surface area (Å²) < 4.78 is 13.1. The predicted molar refractivity (Wildman–Crippen MR) is 77.7 cm³/mol. The quantitative estimate of drug-likeness (QED) is 0.921. The first-order chi connectivity index (χ1) is 9.02. The number of piperidine rings is 1. The summed E-state index contributed by atoms with van der Waals surface area (Å²) in [6, 6.07) is 4.86. The highest BCUT2D eigenvalue weighted by Gasteiger charge is 2.28. The van der Waals surface area contributed by atoms with Gasteiger partial charge in [-0.15, -0.1) is 0 Å². The third-order valence-electron chi connectivity index (χ3n) is 4.41. The van der Waals surface area contributed by atoms with Crippen molar-refractivity contribution in [3.05, 3.63) is 34.6 Å². The fourth-order valence-corrected chi connectivity index (χ4v) is 3.20. The van der Waals surface area contributed by atoms with Gasteiger partial charge in [0, 0.05) is 17.6 Å². The maximum absolute atomic E-state index is 13.1. The number of likely N-dealkylation sites (tertiary alicyclic amines) is 1. The van der Waals surface area contributed by atoms with Gasteiger partial charge in [-0.05, 0) is 56.0 Å². The van der Waals surface area contributed by atoms with Crippen molar-refractivity contribution in [2.24, 2.45) is 17.6 Å². The lowest BCUT2D eigenvalue weighted by Gasteiger charge is -2.40. The minimum absolute atomic E-state index is 0.203. The molecule has 1 aromatic carbocycles. The lowest BCUT2D eigenvalue weighted by molar-refractivity contribution is 0.0978. The van der Waals surface area contributed by atoms with Crippen LogP contribution < -0.4 is 5.73 Å². The molecule has 3 atom stereocenters. The van der Waals surface area contributed by atoms with Crippen LogP contribution in [0.4, 0.5) is 4.39 Å². The Labute approximate surface area is 119 Å². The molecule has 1 fully saturated rings. The second kappa shape index (κ2) is 6.21. The molecule has 2 nitrogen and oxygen atoms in total. The van der Waals surface area contributed by atoms with E-state index in [0.717, 1.165) is 31.6 Å². The molecule has 4 heteroatoms. The summed E-state index contributed by atoms with van der Waals surface area (Å²) in [5.41, 5.74) is 6.84. The van der Waals surface area contributed by atoms with Gasteiger partial charge < -0.3 is 5.73 Å². The van der Waals surface area contributed by atoms with Crippen LogP contribution in [0.25, 0.3) is 0 Å². The van der Waals surface area contributed by atoms with E-state index in [0.29, 0.717) is 16.9 Å². The van der Waals surface area contributed by atoms with Crippen molar-refractivity contribution < 1.29 is 4.39 Å². The monoisotopic (exact) mass is 284 g/mol. The number of nitrogens with zero attached hydrogens (tertiary/aromatic N) is 1. The van der Waals surface area contributed by atoms with Crippen molar-refractivity contribution in [1.29, 1.82) is 0 Å². The smallest absolute Gasteiger partial charge is 0.124 e. The van der Waals surface area contributed by atoms with Crippen molar-refractivity contribution >= 4 is 11.6 Å². The van der Waals surface area contributed by atoms with Crippen molar-refractivity contribution in [2.45, 2.75) is 26.3 Å². The first-order valence-corrected chi connectivity index (χ1v) is 7.29. The third kappa shape index (κ3) is 3.28. The van der Waals surface area contributed by atoms with E-state index in [9.17, 15) is 4.39 Å². The zero-order valence-electron chi connectivity index (χ0n) is 11.6. The summed E-state index contributed by atoms with van der Waals surface area (Å²) in [5.74, 6) is 0.931. The van der Waals surface area contributed by atoms with Gasteiger partial charge >= 0.3 is 0 Å². The highest BCUT2D eigenvalue weighted by Crippen LogP contribution is 2.32. The van der Waals surface area contributed by atoms with Crippen molar-refractivity contribution in [2.75, 3.05) is 19.6 Å². The standard InChI is InChI=1S/C15H22ClFN2/c1-10-5-6-19(9-12(10)8-18)11(2)14-4-3-13(17)7-15(14)16/h3-4,7,10-12H,5-6,8-9,18H2,1-2H3. The third-order valence-corrected chi connectivity index (χ3v) is 4.74. The molecule has 0 aliphatic carbocycles. The second-order valence-corrected chi connectivity index (χ2v) is 6.01. The first-order valence-electron chi connectivity index (χ1n) is 6.92. The van der Waals surface area contributed by atoms with Gasteiger partial charge in [0.15, 0.2) is 0 Å². The highest BCUT2D eigenvalue weighted by atomic mass is 35.5. The van der Waals surface area contributed by atoms with E-state index < -0.39 is 0 Å². The van der Waals surface area contributed by atoms with Crippen LogP contribution in [0.3, 0.4) is 0 Å². The molecule has 2 N–H and O–H groups in total. The zero-order chi connectivity index (χ0) is 14.0. The molecule has 0 spiro atoms. The van der Waals surface area contributed by atoms with Crippen molar-refractivity contribution in [1.82, 2.24) is 4.90 Å². The topological polar surface area (TPSA) is 29.3 Å². The minimum Gasteiger partial charge on any atom is -0.330 e. The van der Waals surface area contributed by atoms with Crippen LogP contribution in [0, 0.1) is 17.7 Å². The summed E-state index contributed by atoms with van der Waals surface area (Å²) in [7, 11) is 0. The largest absolute Gasteiger partial charge is 0.330 e. The molecule has 1 aliphatic heterocycles. The maximum Gasteiger partial charge on any atom is 0.124 e. The SMILES string of the molecule is CC1CCN(C(C)c2ccc(F)cc2Cl)CC1CN. The molecular weight excluding hydrogens is 263 g/mol. The minimum atomic E-state index is -0.284. The van der Waals surface area contributed by atoms with Gasteiger partial charge in [0.05, 0.1) is 0 Å². The molecule has 1 heterocycles. The molecule has 0 bridgehead atoms. The molecule has 1 aliphatic rings. The van der Waals surface area contributed by atoms with Crippen LogP contribution in [-0.2, 0) is 0 Å². The molecule has 19 heavy (non-hydrogen) atoms. The molecule has 0 saturated carbocycles. The Balaban J connectivity index is 2.13. The normalized spacial score (nSPS) is 26.4.